The van der Waals surface area contributed by atoms with Gasteiger partial charge in [0.2, 0.25) is 0 Å². The second-order valence-corrected chi connectivity index (χ2v) is 4.67. The van der Waals surface area contributed by atoms with Crippen molar-refractivity contribution >= 4 is 11.8 Å². The van der Waals surface area contributed by atoms with E-state index in [1.807, 2.05) is 19.1 Å². The Hall–Kier alpha value is -2.43. The zero-order valence-corrected chi connectivity index (χ0v) is 11.1. The van der Waals surface area contributed by atoms with E-state index in [4.69, 9.17) is 4.74 Å². The average Bonchev–Trinajstić information content (AvgIpc) is 3.05. The predicted octanol–water partition coefficient (Wildman–Crippen LogP) is 2.39. The van der Waals surface area contributed by atoms with E-state index in [1.54, 1.807) is 29.1 Å². The monoisotopic (exact) mass is 270 g/mol. The molecule has 5 nitrogen and oxygen atoms in total. The van der Waals surface area contributed by atoms with E-state index in [0.29, 0.717) is 17.8 Å². The Kier molecular flexibility index (Phi) is 3.10. The highest BCUT2D eigenvalue weighted by molar-refractivity contribution is 5.97. The van der Waals surface area contributed by atoms with Crippen LogP contribution >= 0.6 is 0 Å². The molecule has 20 heavy (non-hydrogen) atoms. The van der Waals surface area contributed by atoms with Gasteiger partial charge in [-0.05, 0) is 19.1 Å². The summed E-state index contributed by atoms with van der Waals surface area (Å²) in [5, 5.41) is 4.17. The van der Waals surface area contributed by atoms with Gasteiger partial charge in [0.15, 0.2) is 5.78 Å². The maximum Gasteiger partial charge on any atom is 0.339 e. The standard InChI is InChI=1S/C15H14N2O3/c1-2-17-8-7-12(16-17)13(18)9-14-10-5-3-4-6-11(10)15(19)20-14/h3-8,14H,2,9H2,1H3/t14-/m1/s1. The smallest absolute Gasteiger partial charge is 0.339 e. The number of cyclic esters (lactones) is 1. The van der Waals surface area contributed by atoms with Crippen LogP contribution in [0.25, 0.3) is 0 Å². The molecule has 0 spiro atoms. The Morgan fingerprint density at radius 3 is 2.90 bits per heavy atom. The summed E-state index contributed by atoms with van der Waals surface area (Å²) in [6.07, 6.45) is 1.39. The maximum absolute atomic E-state index is 12.2. The zero-order valence-electron chi connectivity index (χ0n) is 11.1. The number of esters is 1. The molecule has 1 aromatic heterocycles. The molecule has 2 heterocycles. The Bertz CT molecular complexity index is 675. The van der Waals surface area contributed by atoms with Gasteiger partial charge >= 0.3 is 5.97 Å². The Morgan fingerprint density at radius 1 is 1.35 bits per heavy atom. The van der Waals surface area contributed by atoms with Crippen molar-refractivity contribution in [2.45, 2.75) is 26.0 Å². The first-order valence-electron chi connectivity index (χ1n) is 6.55. The van der Waals surface area contributed by atoms with Crippen molar-refractivity contribution < 1.29 is 14.3 Å². The van der Waals surface area contributed by atoms with Gasteiger partial charge in [-0.3, -0.25) is 9.48 Å². The number of aromatic nitrogens is 2. The summed E-state index contributed by atoms with van der Waals surface area (Å²) in [5.74, 6) is -0.482. The van der Waals surface area contributed by atoms with Gasteiger partial charge < -0.3 is 4.74 Å². The molecule has 3 rings (SSSR count). The topological polar surface area (TPSA) is 61.2 Å². The lowest BCUT2D eigenvalue weighted by atomic mass is 10.0. The normalized spacial score (nSPS) is 16.9. The number of nitrogens with zero attached hydrogens (tertiary/aromatic N) is 2. The lowest BCUT2D eigenvalue weighted by Crippen LogP contribution is -2.09. The summed E-state index contributed by atoms with van der Waals surface area (Å²) < 4.78 is 6.96. The molecule has 0 N–H and O–H groups in total. The molecule has 102 valence electrons. The van der Waals surface area contributed by atoms with Gasteiger partial charge in [-0.1, -0.05) is 18.2 Å². The first kappa shape index (κ1) is 12.6. The minimum Gasteiger partial charge on any atom is -0.453 e. The third-order valence-corrected chi connectivity index (χ3v) is 3.40. The van der Waals surface area contributed by atoms with Crippen LogP contribution in [-0.4, -0.2) is 21.5 Å². The number of ether oxygens (including phenoxy) is 1. The molecule has 0 fully saturated rings. The van der Waals surface area contributed by atoms with E-state index < -0.39 is 6.10 Å². The molecule has 1 aliphatic rings. The number of aryl methyl sites for hydroxylation is 1. The largest absolute Gasteiger partial charge is 0.453 e. The van der Waals surface area contributed by atoms with Gasteiger partial charge in [-0.2, -0.15) is 5.10 Å². The second kappa shape index (κ2) is 4.92. The molecule has 0 bridgehead atoms. The summed E-state index contributed by atoms with van der Waals surface area (Å²) in [7, 11) is 0. The van der Waals surface area contributed by atoms with Gasteiger partial charge in [0.1, 0.15) is 11.8 Å². The highest BCUT2D eigenvalue weighted by Crippen LogP contribution is 2.33. The molecule has 0 radical (unpaired) electrons. The number of rotatable bonds is 4. The third kappa shape index (κ3) is 2.11. The molecule has 1 aromatic carbocycles. The molecule has 0 amide bonds. The number of ketones is 1. The summed E-state index contributed by atoms with van der Waals surface area (Å²) in [6.45, 7) is 2.67. The van der Waals surface area contributed by atoms with E-state index >= 15 is 0 Å². The molecule has 0 aliphatic carbocycles. The van der Waals surface area contributed by atoms with E-state index in [1.165, 1.54) is 0 Å². The Labute approximate surface area is 116 Å². The molecule has 5 heteroatoms. The number of carbonyl (C=O) groups is 2. The average molecular weight is 270 g/mol. The first-order valence-corrected chi connectivity index (χ1v) is 6.55. The molecule has 2 aromatic rings. The first-order chi connectivity index (χ1) is 9.69. The summed E-state index contributed by atoms with van der Waals surface area (Å²) in [4.78, 5) is 23.9. The van der Waals surface area contributed by atoms with Crippen LogP contribution in [0.5, 0.6) is 0 Å². The lowest BCUT2D eigenvalue weighted by molar-refractivity contribution is 0.0366. The lowest BCUT2D eigenvalue weighted by Gasteiger charge is -2.08. The molecular weight excluding hydrogens is 256 g/mol. The summed E-state index contributed by atoms with van der Waals surface area (Å²) >= 11 is 0. The van der Waals surface area contributed by atoms with Gasteiger partial charge in [-0.15, -0.1) is 0 Å². The van der Waals surface area contributed by atoms with Crippen LogP contribution in [0, 0.1) is 0 Å². The molecule has 0 saturated heterocycles. The van der Waals surface area contributed by atoms with E-state index in [-0.39, 0.29) is 18.2 Å². The third-order valence-electron chi connectivity index (χ3n) is 3.40. The van der Waals surface area contributed by atoms with Crippen molar-refractivity contribution in [3.63, 3.8) is 0 Å². The van der Waals surface area contributed by atoms with Crippen molar-refractivity contribution in [2.24, 2.45) is 0 Å². The zero-order chi connectivity index (χ0) is 14.1. The fourth-order valence-electron chi connectivity index (χ4n) is 2.33. The van der Waals surface area contributed by atoms with Crippen molar-refractivity contribution in [3.8, 4) is 0 Å². The van der Waals surface area contributed by atoms with Crippen LogP contribution in [0.1, 0.15) is 45.9 Å². The van der Waals surface area contributed by atoms with Gasteiger partial charge in [0.05, 0.1) is 12.0 Å². The minimum absolute atomic E-state index is 0.119. The molecule has 0 saturated carbocycles. The van der Waals surface area contributed by atoms with E-state index in [0.717, 1.165) is 5.56 Å². The van der Waals surface area contributed by atoms with Crippen molar-refractivity contribution in [3.05, 3.63) is 53.3 Å². The van der Waals surface area contributed by atoms with E-state index in [2.05, 4.69) is 5.10 Å². The summed E-state index contributed by atoms with van der Waals surface area (Å²) in [5.41, 5.74) is 1.73. The maximum atomic E-state index is 12.2. The fourth-order valence-corrected chi connectivity index (χ4v) is 2.33. The van der Waals surface area contributed by atoms with Gasteiger partial charge in [-0.25, -0.2) is 4.79 Å². The van der Waals surface area contributed by atoms with Crippen LogP contribution < -0.4 is 0 Å². The predicted molar refractivity (Wildman–Crippen MR) is 71.4 cm³/mol. The number of fused-ring (bicyclic) bond motifs is 1. The van der Waals surface area contributed by atoms with Crippen LogP contribution in [0.2, 0.25) is 0 Å². The second-order valence-electron chi connectivity index (χ2n) is 4.67. The number of Topliss-reactive ketones (excluding diaryl/α,β-unsaturated/α-hetero) is 1. The highest BCUT2D eigenvalue weighted by atomic mass is 16.5. The Balaban J connectivity index is 1.79. The van der Waals surface area contributed by atoms with Crippen LogP contribution in [0.15, 0.2) is 36.5 Å². The van der Waals surface area contributed by atoms with Crippen molar-refractivity contribution in [1.29, 1.82) is 0 Å². The van der Waals surface area contributed by atoms with Gasteiger partial charge in [0.25, 0.3) is 0 Å². The fraction of sp³-hybridized carbons (Fsp3) is 0.267. The minimum atomic E-state index is -0.502. The van der Waals surface area contributed by atoms with Gasteiger partial charge in [0, 0.05) is 18.3 Å². The number of carbonyl (C=O) groups excluding carboxylic acids is 2. The van der Waals surface area contributed by atoms with Crippen molar-refractivity contribution in [1.82, 2.24) is 9.78 Å². The number of benzene rings is 1. The SMILES string of the molecule is CCn1ccc(C(=O)C[C@H]2OC(=O)c3ccccc32)n1. The molecule has 1 aliphatic heterocycles. The molecule has 0 unspecified atom stereocenters. The summed E-state index contributed by atoms with van der Waals surface area (Å²) in [6, 6.07) is 8.85. The van der Waals surface area contributed by atoms with Crippen LogP contribution in [0.4, 0.5) is 0 Å². The quantitative estimate of drug-likeness (QED) is 0.632. The van der Waals surface area contributed by atoms with Crippen molar-refractivity contribution in [2.75, 3.05) is 0 Å². The number of hydrogen-bond donors (Lipinski definition) is 0. The van der Waals surface area contributed by atoms with E-state index in [9.17, 15) is 9.59 Å². The molecular formula is C15H14N2O3. The Morgan fingerprint density at radius 2 is 2.15 bits per heavy atom. The molecule has 1 atom stereocenters. The van der Waals surface area contributed by atoms with Crippen LogP contribution in [-0.2, 0) is 11.3 Å². The van der Waals surface area contributed by atoms with Crippen LogP contribution in [0.3, 0.4) is 0 Å². The number of hydrogen-bond acceptors (Lipinski definition) is 4. The highest BCUT2D eigenvalue weighted by Gasteiger charge is 2.32.